The van der Waals surface area contributed by atoms with Gasteiger partial charge in [0.1, 0.15) is 0 Å². The van der Waals surface area contributed by atoms with Gasteiger partial charge in [-0.25, -0.2) is 0 Å². The Bertz CT molecular complexity index is 274. The van der Waals surface area contributed by atoms with E-state index in [1.54, 1.807) is 13.8 Å². The van der Waals surface area contributed by atoms with Crippen LogP contribution in [0.2, 0.25) is 0 Å². The van der Waals surface area contributed by atoms with Gasteiger partial charge in [0.15, 0.2) is 0 Å². The van der Waals surface area contributed by atoms with E-state index in [-0.39, 0.29) is 5.92 Å². The summed E-state index contributed by atoms with van der Waals surface area (Å²) < 4.78 is 0. The molecule has 1 rings (SSSR count). The highest BCUT2D eigenvalue weighted by molar-refractivity contribution is 5.18. The summed E-state index contributed by atoms with van der Waals surface area (Å²) in [6.45, 7) is 5.27. The van der Waals surface area contributed by atoms with Crippen molar-refractivity contribution >= 4 is 0 Å². The van der Waals surface area contributed by atoms with Gasteiger partial charge in [0.25, 0.3) is 0 Å². The van der Waals surface area contributed by atoms with Crippen molar-refractivity contribution in [1.82, 2.24) is 0 Å². The summed E-state index contributed by atoms with van der Waals surface area (Å²) in [6.07, 6.45) is -0.615. The van der Waals surface area contributed by atoms with Crippen LogP contribution in [0, 0.1) is 5.92 Å². The van der Waals surface area contributed by atoms with Gasteiger partial charge >= 0.3 is 0 Å². The molecule has 0 amide bonds. The van der Waals surface area contributed by atoms with Crippen LogP contribution >= 0.6 is 0 Å². The molecular weight excluding hydrogens is 176 g/mol. The fraction of sp³-hybridized carbons (Fsp3) is 0.500. The molecule has 1 aromatic rings. The van der Waals surface area contributed by atoms with Crippen molar-refractivity contribution in [2.24, 2.45) is 5.92 Å². The number of rotatable bonds is 3. The minimum atomic E-state index is -0.866. The highest BCUT2D eigenvalue weighted by Crippen LogP contribution is 2.29. The van der Waals surface area contributed by atoms with E-state index in [1.165, 1.54) is 0 Å². The first-order valence-corrected chi connectivity index (χ1v) is 4.88. The van der Waals surface area contributed by atoms with Crippen LogP contribution in [-0.2, 0) is 0 Å². The Morgan fingerprint density at radius 3 is 2.07 bits per heavy atom. The summed E-state index contributed by atoms with van der Waals surface area (Å²) in [4.78, 5) is 0. The zero-order valence-electron chi connectivity index (χ0n) is 8.94. The van der Waals surface area contributed by atoms with Crippen molar-refractivity contribution in [3.8, 4) is 0 Å². The minimum Gasteiger partial charge on any atom is -0.390 e. The minimum absolute atomic E-state index is 0.190. The van der Waals surface area contributed by atoms with Crippen LogP contribution in [0.15, 0.2) is 30.3 Å². The lowest BCUT2D eigenvalue weighted by molar-refractivity contribution is -0.0390. The quantitative estimate of drug-likeness (QED) is 0.773. The smallest absolute Gasteiger partial charge is 0.0842 e. The molecular formula is C12H18O2. The van der Waals surface area contributed by atoms with Crippen molar-refractivity contribution < 1.29 is 10.2 Å². The molecule has 0 fully saturated rings. The molecule has 0 unspecified atom stereocenters. The van der Waals surface area contributed by atoms with Crippen LogP contribution in [0.25, 0.3) is 0 Å². The second kappa shape index (κ2) is 4.11. The van der Waals surface area contributed by atoms with Crippen molar-refractivity contribution in [3.63, 3.8) is 0 Å². The highest BCUT2D eigenvalue weighted by Gasteiger charge is 2.29. The molecule has 2 heteroatoms. The van der Waals surface area contributed by atoms with Crippen LogP contribution < -0.4 is 0 Å². The Hall–Kier alpha value is -0.860. The second-order valence-corrected chi connectivity index (χ2v) is 4.30. The molecule has 0 saturated carbocycles. The summed E-state index contributed by atoms with van der Waals surface area (Å²) in [6, 6.07) is 9.41. The first-order valence-electron chi connectivity index (χ1n) is 4.88. The lowest BCUT2D eigenvalue weighted by Gasteiger charge is -2.30. The molecule has 2 atom stereocenters. The molecule has 0 aliphatic heterocycles. The molecule has 2 nitrogen and oxygen atoms in total. The van der Waals surface area contributed by atoms with E-state index < -0.39 is 11.7 Å². The predicted octanol–water partition coefficient (Wildman–Crippen LogP) is 2.13. The zero-order chi connectivity index (χ0) is 10.8. The van der Waals surface area contributed by atoms with Gasteiger partial charge in [0, 0.05) is 5.92 Å². The molecule has 0 spiro atoms. The average Bonchev–Trinajstić information content (AvgIpc) is 2.15. The van der Waals surface area contributed by atoms with Gasteiger partial charge in [-0.3, -0.25) is 0 Å². The normalized spacial score (nSPS) is 16.4. The Morgan fingerprint density at radius 2 is 1.64 bits per heavy atom. The van der Waals surface area contributed by atoms with Crippen molar-refractivity contribution in [1.29, 1.82) is 0 Å². The summed E-state index contributed by atoms with van der Waals surface area (Å²) in [5.74, 6) is -0.190. The maximum atomic E-state index is 9.96. The van der Waals surface area contributed by atoms with Crippen LogP contribution in [0.5, 0.6) is 0 Å². The van der Waals surface area contributed by atoms with Gasteiger partial charge in [-0.1, -0.05) is 37.3 Å². The Kier molecular flexibility index (Phi) is 3.29. The number of hydrogen-bond acceptors (Lipinski definition) is 2. The van der Waals surface area contributed by atoms with E-state index in [9.17, 15) is 10.2 Å². The molecule has 78 valence electrons. The van der Waals surface area contributed by atoms with E-state index >= 15 is 0 Å². The number of benzene rings is 1. The molecule has 0 radical (unpaired) electrons. The van der Waals surface area contributed by atoms with Gasteiger partial charge < -0.3 is 10.2 Å². The topological polar surface area (TPSA) is 40.5 Å². The molecule has 2 N–H and O–H groups in total. The van der Waals surface area contributed by atoms with Gasteiger partial charge in [0.2, 0.25) is 0 Å². The molecule has 14 heavy (non-hydrogen) atoms. The summed E-state index contributed by atoms with van der Waals surface area (Å²) >= 11 is 0. The molecule has 0 aromatic heterocycles. The molecule has 0 aliphatic carbocycles. The van der Waals surface area contributed by atoms with E-state index in [4.69, 9.17) is 0 Å². The lowest BCUT2D eigenvalue weighted by atomic mass is 9.85. The van der Waals surface area contributed by atoms with E-state index in [2.05, 4.69) is 0 Å². The SMILES string of the molecule is C[C@@H]([C@H](O)c1ccccc1)C(C)(C)O. The van der Waals surface area contributed by atoms with Gasteiger partial charge in [-0.15, -0.1) is 0 Å². The fourth-order valence-electron chi connectivity index (χ4n) is 1.33. The Labute approximate surface area is 85.2 Å². The molecule has 0 aliphatic rings. The first-order chi connectivity index (χ1) is 6.43. The summed E-state index contributed by atoms with van der Waals surface area (Å²) in [5.41, 5.74) is -0.0166. The van der Waals surface area contributed by atoms with E-state index in [0.717, 1.165) is 5.56 Å². The third-order valence-electron chi connectivity index (χ3n) is 2.73. The monoisotopic (exact) mass is 194 g/mol. The van der Waals surface area contributed by atoms with Crippen LogP contribution in [0.3, 0.4) is 0 Å². The molecule has 1 aromatic carbocycles. The van der Waals surface area contributed by atoms with E-state index in [1.807, 2.05) is 37.3 Å². The van der Waals surface area contributed by atoms with Gasteiger partial charge in [0.05, 0.1) is 11.7 Å². The Balaban J connectivity index is 2.81. The number of aliphatic hydroxyl groups is 2. The second-order valence-electron chi connectivity index (χ2n) is 4.30. The molecule has 0 saturated heterocycles. The van der Waals surface area contributed by atoms with Crippen molar-refractivity contribution in [2.75, 3.05) is 0 Å². The average molecular weight is 194 g/mol. The lowest BCUT2D eigenvalue weighted by Crippen LogP contribution is -2.33. The fourth-order valence-corrected chi connectivity index (χ4v) is 1.33. The van der Waals surface area contributed by atoms with Crippen LogP contribution in [-0.4, -0.2) is 15.8 Å². The standard InChI is InChI=1S/C12H18O2/c1-9(12(2,3)14)11(13)10-7-5-4-6-8-10/h4-9,11,13-14H,1-3H3/t9-,11-/m0/s1. The van der Waals surface area contributed by atoms with E-state index in [0.29, 0.717) is 0 Å². The Morgan fingerprint density at radius 1 is 1.14 bits per heavy atom. The van der Waals surface area contributed by atoms with Gasteiger partial charge in [-0.05, 0) is 19.4 Å². The van der Waals surface area contributed by atoms with Crippen LogP contribution in [0.4, 0.5) is 0 Å². The first kappa shape index (κ1) is 11.2. The highest BCUT2D eigenvalue weighted by atomic mass is 16.3. The predicted molar refractivity (Wildman–Crippen MR) is 56.9 cm³/mol. The third-order valence-corrected chi connectivity index (χ3v) is 2.73. The summed E-state index contributed by atoms with van der Waals surface area (Å²) in [7, 11) is 0. The third kappa shape index (κ3) is 2.56. The maximum Gasteiger partial charge on any atom is 0.0842 e. The van der Waals surface area contributed by atoms with Crippen molar-refractivity contribution in [3.05, 3.63) is 35.9 Å². The maximum absolute atomic E-state index is 9.96. The molecule has 0 heterocycles. The molecule has 0 bridgehead atoms. The number of aliphatic hydroxyl groups excluding tert-OH is 1. The number of hydrogen-bond donors (Lipinski definition) is 2. The van der Waals surface area contributed by atoms with Gasteiger partial charge in [-0.2, -0.15) is 0 Å². The summed E-state index contributed by atoms with van der Waals surface area (Å²) in [5, 5.41) is 19.7. The largest absolute Gasteiger partial charge is 0.390 e. The van der Waals surface area contributed by atoms with Crippen molar-refractivity contribution in [2.45, 2.75) is 32.5 Å². The van der Waals surface area contributed by atoms with Crippen LogP contribution in [0.1, 0.15) is 32.4 Å². The zero-order valence-corrected chi connectivity index (χ0v) is 8.94.